The predicted octanol–water partition coefficient (Wildman–Crippen LogP) is -1.11. The molecule has 30 atom stereocenters. The second-order valence-electron chi connectivity index (χ2n) is 30.3. The molecule has 9 saturated heterocycles. The third-order valence-corrected chi connectivity index (χ3v) is 29.5. The lowest BCUT2D eigenvalue weighted by atomic mass is 10.1. The Bertz CT molecular complexity index is 6510. The first kappa shape index (κ1) is 95.0. The van der Waals surface area contributed by atoms with Gasteiger partial charge in [0, 0.05) is 0 Å². The van der Waals surface area contributed by atoms with Crippen molar-refractivity contribution < 1.29 is 137 Å². The number of nitrogens with two attached hydrogens (primary N) is 6. The second kappa shape index (κ2) is 36.0. The second-order valence-corrected chi connectivity index (χ2v) is 43.0. The quantitative estimate of drug-likeness (QED) is 0.0412. The van der Waals surface area contributed by atoms with Crippen LogP contribution in [0.25, 0.3) is 67.0 Å². The number of halogens is 6. The van der Waals surface area contributed by atoms with Gasteiger partial charge in [-0.05, 0) is 0 Å². The van der Waals surface area contributed by atoms with Gasteiger partial charge < -0.3 is 139 Å². The number of nitrogens with one attached hydrogen (secondary N) is 3. The number of fused-ring (bicyclic) bond motifs is 12. The highest BCUT2D eigenvalue weighted by Crippen LogP contribution is 2.59. The number of nitrogen functional groups attached to an aromatic ring is 6. The molecule has 0 aromatic carbocycles. The van der Waals surface area contributed by atoms with Gasteiger partial charge in [-0.15, -0.1) is 0 Å². The highest BCUT2D eigenvalue weighted by atomic mass is 32.7. The molecular weight excluding hydrogens is 2000 g/mol. The summed E-state index contributed by atoms with van der Waals surface area (Å²) in [6.07, 6.45) is -30.9. The van der Waals surface area contributed by atoms with Gasteiger partial charge >= 0.3 is 0 Å². The number of ether oxygens (including phenoxy) is 6. The Morgan fingerprint density at radius 2 is 0.563 bits per heavy atom. The van der Waals surface area contributed by atoms with Gasteiger partial charge in [0.05, 0.1) is 77.6 Å². The average molecular weight is 2060 g/mol. The molecule has 9 aliphatic heterocycles. The lowest BCUT2D eigenvalue weighted by Gasteiger charge is -2.35. The molecule has 0 spiro atoms. The minimum atomic E-state index is -4.63. The Hall–Kier alpha value is -8.96. The number of rotatable bonds is 6. The fraction of sp³-hybridized carbons (Fsp3) is 0.500. The monoisotopic (exact) mass is 2060 g/mol. The van der Waals surface area contributed by atoms with Crippen LogP contribution in [0.2, 0.25) is 0 Å². The van der Waals surface area contributed by atoms with E-state index in [1.165, 1.54) is 32.7 Å². The number of aromatic nitrogens is 24. The molecule has 0 aliphatic carbocycles. The van der Waals surface area contributed by atoms with Crippen LogP contribution in [-0.2, 0) is 137 Å². The number of hydrogen-bond donors (Lipinski definition) is 9. The highest BCUT2D eigenvalue weighted by molar-refractivity contribution is 8.32. The zero-order chi connectivity index (χ0) is 95.5. The molecule has 12 aromatic heterocycles. The molecule has 0 amide bonds. The van der Waals surface area contributed by atoms with Crippen LogP contribution < -0.4 is 60.9 Å². The predicted molar refractivity (Wildman–Crippen MR) is 448 cm³/mol. The van der Waals surface area contributed by atoms with Crippen molar-refractivity contribution in [3.8, 4) is 0 Å². The van der Waals surface area contributed by atoms with Gasteiger partial charge in [0.2, 0.25) is 40.5 Å². The molecule has 57 nitrogen and oxygen atoms in total. The van der Waals surface area contributed by atoms with E-state index in [0.717, 1.165) is 51.7 Å². The number of nitrogens with zero attached hydrogens (tertiary/aromatic N) is 21. The van der Waals surface area contributed by atoms with Crippen molar-refractivity contribution in [1.82, 2.24) is 117 Å². The SMILES string of the molecule is [B][P@@]1(=O)OC[C@H]2O[C@@H](n3cnc4c(=O)[nH]c(N)nc43)[C@@H](F)C2OP([O-])(=S)OC[C@H]2O[C@@H](n3cnc4c(N)ncnc43)[C@@H](F)C2O1.[B][P@]1(=O)OC[C@H]2O[C@@H](n3cnc4c(=O)[nH]c(N)nc43)[C@@H](F)C2OP(=O)([S-])OC[C@H]2O[C@@H](n3cnc4c(N)ncnc43)[C@@H](F)C2O1.[B][P@]1(=O)OC[C@H]2O[C@@H](n3cnc4c(=O)[nH]c(N)nc43)[C@@H](F)C2OP([O-])(=S)OC[C@H]2O[C@@H](n3cnc4c(N)ncnc43)[C@@H](F)C2O1. The number of hydrogen-bond acceptors (Lipinski definition) is 51. The van der Waals surface area contributed by atoms with Crippen LogP contribution in [0, 0.1) is 0 Å². The molecule has 135 heavy (non-hydrogen) atoms. The molecule has 9 aliphatic rings. The summed E-state index contributed by atoms with van der Waals surface area (Å²) in [5, 5.41) is 0. The Morgan fingerprint density at radius 1 is 0.341 bits per heavy atom. The van der Waals surface area contributed by atoms with Crippen LogP contribution in [0.15, 0.2) is 71.3 Å². The average Bonchev–Trinajstić information content (AvgIpc) is 1.61. The number of alkyl halides is 6. The molecule has 0 saturated carbocycles. The summed E-state index contributed by atoms with van der Waals surface area (Å²) in [5.74, 6) is -0.758. The van der Waals surface area contributed by atoms with Crippen LogP contribution >= 0.6 is 42.7 Å². The maximum absolute atomic E-state index is 16.0. The molecule has 9 unspecified atom stereocenters. The normalized spacial score (nSPS) is 37.7. The summed E-state index contributed by atoms with van der Waals surface area (Å²) in [4.78, 5) is 129. The lowest BCUT2D eigenvalue weighted by Crippen LogP contribution is -2.38. The Kier molecular flexibility index (Phi) is 25.4. The summed E-state index contributed by atoms with van der Waals surface area (Å²) in [6, 6.07) is 0. The van der Waals surface area contributed by atoms with Crippen molar-refractivity contribution in [2.45, 2.75) is 148 Å². The molecule has 0 bridgehead atoms. The van der Waals surface area contributed by atoms with Crippen molar-refractivity contribution >= 4 is 203 Å². The van der Waals surface area contributed by atoms with Crippen molar-refractivity contribution in [2.24, 2.45) is 0 Å². The first-order valence-corrected chi connectivity index (χ1v) is 51.3. The zero-order valence-electron chi connectivity index (χ0n) is 67.1. The first-order valence-electron chi connectivity index (χ1n) is 38.7. The van der Waals surface area contributed by atoms with Gasteiger partial charge in [-0.1, -0.05) is 23.6 Å². The van der Waals surface area contributed by atoms with Gasteiger partial charge in [-0.2, -0.15) is 15.0 Å². The fourth-order valence-electron chi connectivity index (χ4n) is 15.8. The highest BCUT2D eigenvalue weighted by Gasteiger charge is 2.58. The summed E-state index contributed by atoms with van der Waals surface area (Å²) in [7, 11) is 3.53. The molecule has 6 radical (unpaired) electrons. The van der Waals surface area contributed by atoms with E-state index >= 15 is 26.3 Å². The number of imidazole rings is 6. The van der Waals surface area contributed by atoms with Crippen LogP contribution in [0.5, 0.6) is 0 Å². The van der Waals surface area contributed by atoms with Gasteiger partial charge in [-0.25, -0.2) is 86.2 Å². The topological polar surface area (TPSA) is 758 Å². The minimum absolute atomic E-state index is 0.0266. The molecule has 12 aromatic rings. The molecular formula is C60H60B3F6N30O27P6S3-3. The Morgan fingerprint density at radius 3 is 0.830 bits per heavy atom. The molecule has 15 N–H and O–H groups in total. The van der Waals surface area contributed by atoms with Crippen LogP contribution in [-0.4, -0.2) is 290 Å². The van der Waals surface area contributed by atoms with Crippen molar-refractivity contribution in [1.29, 1.82) is 0 Å². The Balaban J connectivity index is 0.000000130. The maximum atomic E-state index is 16.0. The number of H-pyrrole nitrogens is 3. The van der Waals surface area contributed by atoms with E-state index in [4.69, 9.17) is 176 Å². The van der Waals surface area contributed by atoms with Gasteiger partial charge in [0.1, 0.15) is 122 Å². The van der Waals surface area contributed by atoms with E-state index in [9.17, 15) is 42.4 Å². The van der Waals surface area contributed by atoms with Crippen molar-refractivity contribution in [3.63, 3.8) is 0 Å². The summed E-state index contributed by atoms with van der Waals surface area (Å²) >= 11 is 15.0. The van der Waals surface area contributed by atoms with E-state index in [2.05, 4.69) is 89.7 Å². The largest absolute Gasteiger partial charge is 0.780 e. The molecule has 714 valence electrons. The summed E-state index contributed by atoms with van der Waals surface area (Å²) in [5.41, 5.74) is 32.1. The van der Waals surface area contributed by atoms with Crippen molar-refractivity contribution in [2.75, 3.05) is 74.0 Å². The van der Waals surface area contributed by atoms with E-state index in [0.29, 0.717) is 0 Å². The van der Waals surface area contributed by atoms with Gasteiger partial charge in [0.15, 0.2) is 149 Å². The maximum Gasteiger partial charge on any atom is 0.280 e. The van der Waals surface area contributed by atoms with Crippen LogP contribution in [0.1, 0.15) is 37.4 Å². The molecule has 21 heterocycles. The summed E-state index contributed by atoms with van der Waals surface area (Å²) < 4.78 is 254. The van der Waals surface area contributed by atoms with Gasteiger partial charge in [-0.3, -0.25) is 75.0 Å². The summed E-state index contributed by atoms with van der Waals surface area (Å²) in [6.45, 7) is -18.2. The van der Waals surface area contributed by atoms with E-state index in [1.54, 1.807) is 0 Å². The lowest BCUT2D eigenvalue weighted by molar-refractivity contribution is -0.218. The molecule has 21 rings (SSSR count). The fourth-order valence-corrected chi connectivity index (χ4v) is 23.1. The van der Waals surface area contributed by atoms with E-state index in [1.807, 2.05) is 0 Å². The standard InChI is InChI=1S/3C20H21BF2N10O9P2S/c3*21-43(35)37-1-6-13(9(23)19(39-6)33-5-29-11-16(33)30-20(25)31-17(11)34)42-44(36,45)38-2-7-12(41-43)8(22)18(40-7)32-4-28-10-14(24)26-3-27-15(10)32/h3*3-9,12-13,18-19H,1-2H2,(H,36,45)(H2,24,26,27)(H3,25,30,31,34)/p-3/t2*6-,7-,8+,9+,12?,13?,18-,19-,43+,44?;6-,7-,8+,9+,12?,13?,18-,19-,43-,44?/m111/s1. The van der Waals surface area contributed by atoms with E-state index in [-0.39, 0.29) is 102 Å². The zero-order valence-corrected chi connectivity index (χ0v) is 74.9. The molecule has 9 fully saturated rings. The smallest absolute Gasteiger partial charge is 0.280 e. The number of aromatic amines is 3. The van der Waals surface area contributed by atoms with Crippen LogP contribution in [0.4, 0.5) is 61.6 Å². The number of anilines is 6. The van der Waals surface area contributed by atoms with Crippen LogP contribution in [0.3, 0.4) is 0 Å². The third-order valence-electron chi connectivity index (χ3n) is 21.8. The minimum Gasteiger partial charge on any atom is -0.780 e. The molecule has 75 heteroatoms. The van der Waals surface area contributed by atoms with Gasteiger partial charge in [0.25, 0.3) is 39.1 Å². The van der Waals surface area contributed by atoms with E-state index < -0.39 is 247 Å². The third kappa shape index (κ3) is 18.4. The Labute approximate surface area is 763 Å². The first-order chi connectivity index (χ1) is 63.9. The van der Waals surface area contributed by atoms with Crippen molar-refractivity contribution in [3.05, 3.63) is 88.0 Å².